The van der Waals surface area contributed by atoms with Crippen LogP contribution in [0.15, 0.2) is 0 Å². The van der Waals surface area contributed by atoms with Gasteiger partial charge >= 0.3 is 23.9 Å². The summed E-state index contributed by atoms with van der Waals surface area (Å²) in [5.74, 6) is -22.6. The normalized spacial score (nSPS) is 14.9. The average Bonchev–Trinajstić information content (AvgIpc) is 2.13. The van der Waals surface area contributed by atoms with E-state index in [2.05, 4.69) is 0 Å². The summed E-state index contributed by atoms with van der Waals surface area (Å²) in [7, 11) is 0. The van der Waals surface area contributed by atoms with Gasteiger partial charge in [-0.3, -0.25) is 4.79 Å². The van der Waals surface area contributed by atoms with E-state index in [4.69, 9.17) is 0 Å². The van der Waals surface area contributed by atoms with Crippen molar-refractivity contribution in [3.8, 4) is 0 Å². The number of hydrogen-bond acceptors (Lipinski definition) is 1. The number of ketones is 1. The van der Waals surface area contributed by atoms with Gasteiger partial charge in [-0.1, -0.05) is 6.92 Å². The van der Waals surface area contributed by atoms with Gasteiger partial charge in [0.15, 0.2) is 0 Å². The lowest BCUT2D eigenvalue weighted by Gasteiger charge is -2.32. The SMILES string of the molecule is CCC(=O)C(F)(F)C(F)(F)C(F)(F)C(F)(F)F. The highest BCUT2D eigenvalue weighted by Crippen LogP contribution is 2.53. The average molecular weight is 276 g/mol. The molecule has 10 heteroatoms. The Morgan fingerprint density at radius 1 is 0.824 bits per heavy atom. The molecule has 0 spiro atoms. The number of carbonyl (C=O) groups is 1. The second-order valence-electron chi connectivity index (χ2n) is 3.00. The van der Waals surface area contributed by atoms with Crippen molar-refractivity contribution in [3.05, 3.63) is 0 Å². The van der Waals surface area contributed by atoms with E-state index in [-0.39, 0.29) is 0 Å². The minimum atomic E-state index is -7.01. The molecule has 0 aliphatic rings. The summed E-state index contributed by atoms with van der Waals surface area (Å²) in [6.07, 6.45) is -8.20. The number of rotatable bonds is 4. The van der Waals surface area contributed by atoms with E-state index in [9.17, 15) is 44.3 Å². The molecule has 0 saturated carbocycles. The number of carbonyl (C=O) groups excluding carboxylic acids is 1. The predicted octanol–water partition coefficient (Wildman–Crippen LogP) is 3.43. The molecule has 0 radical (unpaired) electrons. The number of hydrogen-bond donors (Lipinski definition) is 0. The topological polar surface area (TPSA) is 17.1 Å². The van der Waals surface area contributed by atoms with E-state index < -0.39 is 36.1 Å². The van der Waals surface area contributed by atoms with Crippen molar-refractivity contribution in [1.29, 1.82) is 0 Å². The summed E-state index contributed by atoms with van der Waals surface area (Å²) < 4.78 is 109. The van der Waals surface area contributed by atoms with Crippen LogP contribution in [0.25, 0.3) is 0 Å². The first-order valence-corrected chi connectivity index (χ1v) is 3.97. The molecule has 17 heavy (non-hydrogen) atoms. The van der Waals surface area contributed by atoms with Gasteiger partial charge in [-0.15, -0.1) is 0 Å². The van der Waals surface area contributed by atoms with Crippen LogP contribution in [0.4, 0.5) is 39.5 Å². The van der Waals surface area contributed by atoms with Crippen molar-refractivity contribution in [3.63, 3.8) is 0 Å². The molecule has 0 aliphatic heterocycles. The van der Waals surface area contributed by atoms with Gasteiger partial charge in [-0.2, -0.15) is 39.5 Å². The fourth-order valence-corrected chi connectivity index (χ4v) is 0.772. The van der Waals surface area contributed by atoms with Crippen LogP contribution in [0.3, 0.4) is 0 Å². The molecular formula is C7H5F9O. The number of halogens is 9. The van der Waals surface area contributed by atoms with Crippen LogP contribution >= 0.6 is 0 Å². The van der Waals surface area contributed by atoms with Crippen LogP contribution in [-0.4, -0.2) is 29.7 Å². The molecule has 0 bridgehead atoms. The third-order valence-corrected chi connectivity index (χ3v) is 1.82. The lowest BCUT2D eigenvalue weighted by atomic mass is 9.99. The summed E-state index contributed by atoms with van der Waals surface area (Å²) >= 11 is 0. The third-order valence-electron chi connectivity index (χ3n) is 1.82. The molecule has 0 N–H and O–H groups in total. The van der Waals surface area contributed by atoms with Gasteiger partial charge < -0.3 is 0 Å². The zero-order valence-electron chi connectivity index (χ0n) is 8.02. The molecule has 0 aliphatic carbocycles. The summed E-state index contributed by atoms with van der Waals surface area (Å²) in [4.78, 5) is 10.3. The highest BCUT2D eigenvalue weighted by molar-refractivity contribution is 5.86. The van der Waals surface area contributed by atoms with Crippen molar-refractivity contribution in [2.24, 2.45) is 0 Å². The first-order chi connectivity index (χ1) is 7.23. The predicted molar refractivity (Wildman–Crippen MR) is 36.2 cm³/mol. The fourth-order valence-electron chi connectivity index (χ4n) is 0.772. The Morgan fingerprint density at radius 2 is 1.18 bits per heavy atom. The molecule has 1 nitrogen and oxygen atoms in total. The molecule has 0 unspecified atom stereocenters. The van der Waals surface area contributed by atoms with Gasteiger partial charge in [0, 0.05) is 6.42 Å². The Hall–Kier alpha value is -0.960. The quantitative estimate of drug-likeness (QED) is 0.719. The van der Waals surface area contributed by atoms with E-state index in [0.29, 0.717) is 6.92 Å². The Morgan fingerprint density at radius 3 is 1.41 bits per heavy atom. The highest BCUT2D eigenvalue weighted by atomic mass is 19.4. The zero-order chi connectivity index (χ0) is 14.3. The molecule has 0 fully saturated rings. The van der Waals surface area contributed by atoms with Gasteiger partial charge in [0.25, 0.3) is 0 Å². The fraction of sp³-hybridized carbons (Fsp3) is 0.857. The lowest BCUT2D eigenvalue weighted by molar-refractivity contribution is -0.388. The molecule has 102 valence electrons. The van der Waals surface area contributed by atoms with Gasteiger partial charge in [-0.05, 0) is 0 Å². The monoisotopic (exact) mass is 276 g/mol. The Labute approximate surface area is 88.6 Å². The maximum Gasteiger partial charge on any atom is 0.460 e. The summed E-state index contributed by atoms with van der Waals surface area (Å²) in [6, 6.07) is 0. The van der Waals surface area contributed by atoms with Crippen molar-refractivity contribution >= 4 is 5.78 Å². The molecule has 0 aromatic carbocycles. The third kappa shape index (κ3) is 2.21. The molecule has 0 saturated heterocycles. The van der Waals surface area contributed by atoms with Gasteiger partial charge in [-0.25, -0.2) is 0 Å². The summed E-state index contributed by atoms with van der Waals surface area (Å²) in [6.45, 7) is 0.623. The van der Waals surface area contributed by atoms with E-state index in [1.807, 2.05) is 0 Å². The molecule has 0 atom stereocenters. The lowest BCUT2D eigenvalue weighted by Crippen LogP contribution is -2.63. The smallest absolute Gasteiger partial charge is 0.293 e. The highest BCUT2D eigenvalue weighted by Gasteiger charge is 2.83. The summed E-state index contributed by atoms with van der Waals surface area (Å²) in [5, 5.41) is 0. The number of alkyl halides is 9. The van der Waals surface area contributed by atoms with Crippen LogP contribution in [0.1, 0.15) is 13.3 Å². The minimum absolute atomic E-state index is 0.623. The van der Waals surface area contributed by atoms with Crippen LogP contribution in [0, 0.1) is 0 Å². The first kappa shape index (κ1) is 16.0. The van der Waals surface area contributed by atoms with E-state index >= 15 is 0 Å². The molecule has 0 rings (SSSR count). The second-order valence-corrected chi connectivity index (χ2v) is 3.00. The molecular weight excluding hydrogens is 271 g/mol. The minimum Gasteiger partial charge on any atom is -0.293 e. The van der Waals surface area contributed by atoms with Crippen molar-refractivity contribution in [2.45, 2.75) is 37.3 Å². The second kappa shape index (κ2) is 4.05. The van der Waals surface area contributed by atoms with E-state index in [1.165, 1.54) is 0 Å². The maximum absolute atomic E-state index is 12.5. The van der Waals surface area contributed by atoms with Gasteiger partial charge in [0.05, 0.1) is 0 Å². The molecule has 0 amide bonds. The molecule has 0 aromatic heterocycles. The largest absolute Gasteiger partial charge is 0.460 e. The van der Waals surface area contributed by atoms with Crippen molar-refractivity contribution in [1.82, 2.24) is 0 Å². The Bertz CT molecular complexity index is 303. The van der Waals surface area contributed by atoms with Crippen LogP contribution in [0.5, 0.6) is 0 Å². The standard InChI is InChI=1S/C7H5F9O/c1-2-3(17)4(8,9)5(10,11)6(12,13)7(14,15)16/h2H2,1H3. The van der Waals surface area contributed by atoms with Crippen LogP contribution in [0.2, 0.25) is 0 Å². The van der Waals surface area contributed by atoms with Crippen molar-refractivity contribution in [2.75, 3.05) is 0 Å². The van der Waals surface area contributed by atoms with Crippen LogP contribution < -0.4 is 0 Å². The first-order valence-electron chi connectivity index (χ1n) is 3.97. The zero-order valence-corrected chi connectivity index (χ0v) is 8.02. The van der Waals surface area contributed by atoms with Gasteiger partial charge in [0.1, 0.15) is 0 Å². The van der Waals surface area contributed by atoms with Crippen molar-refractivity contribution < 1.29 is 44.3 Å². The Kier molecular flexibility index (Phi) is 3.83. The Balaban J connectivity index is 5.63. The van der Waals surface area contributed by atoms with Gasteiger partial charge in [0.2, 0.25) is 5.78 Å². The number of Topliss-reactive ketones (excluding diaryl/α,β-unsaturated/α-hetero) is 1. The van der Waals surface area contributed by atoms with E-state index in [0.717, 1.165) is 0 Å². The maximum atomic E-state index is 12.5. The van der Waals surface area contributed by atoms with Crippen LogP contribution in [-0.2, 0) is 4.79 Å². The molecule has 0 heterocycles. The van der Waals surface area contributed by atoms with E-state index in [1.54, 1.807) is 0 Å². The summed E-state index contributed by atoms with van der Waals surface area (Å²) in [5.41, 5.74) is 0. The molecule has 0 aromatic rings.